The molecule has 266 valence electrons. The number of carbonyl (C=O) groups is 4. The Bertz CT molecular complexity index is 1520. The Kier molecular flexibility index (Phi) is 12.9. The summed E-state index contributed by atoms with van der Waals surface area (Å²) in [5.74, 6) is -2.21. The zero-order chi connectivity index (χ0) is 35.9. The minimum atomic E-state index is -1.21. The predicted molar refractivity (Wildman–Crippen MR) is 183 cm³/mol. The van der Waals surface area contributed by atoms with Crippen molar-refractivity contribution in [1.82, 2.24) is 10.6 Å². The molecular formula is C37H47ClN2O9. The smallest absolute Gasteiger partial charge is 0.347 e. The maximum absolute atomic E-state index is 13.6. The number of amides is 2. The number of epoxide rings is 1. The highest BCUT2D eigenvalue weighted by Gasteiger charge is 2.48. The fourth-order valence-electron chi connectivity index (χ4n) is 5.63. The summed E-state index contributed by atoms with van der Waals surface area (Å²) >= 11 is 6.32. The molecule has 2 amide bonds. The van der Waals surface area contributed by atoms with Crippen molar-refractivity contribution in [2.75, 3.05) is 13.7 Å². The molecule has 4 rings (SSSR count). The van der Waals surface area contributed by atoms with Gasteiger partial charge in [0.2, 0.25) is 11.8 Å². The normalized spacial score (nSPS) is 25.5. The molecule has 12 heteroatoms. The molecule has 2 aromatic carbocycles. The van der Waals surface area contributed by atoms with Crippen molar-refractivity contribution in [3.63, 3.8) is 0 Å². The molecular weight excluding hydrogens is 652 g/mol. The molecule has 1 saturated heterocycles. The van der Waals surface area contributed by atoms with Crippen LogP contribution >= 0.6 is 11.6 Å². The molecule has 0 radical (unpaired) electrons. The number of esters is 2. The van der Waals surface area contributed by atoms with Crippen LogP contribution in [0.3, 0.4) is 0 Å². The van der Waals surface area contributed by atoms with Gasteiger partial charge in [0.1, 0.15) is 24.0 Å². The first-order valence-corrected chi connectivity index (χ1v) is 16.9. The van der Waals surface area contributed by atoms with Gasteiger partial charge in [-0.15, -0.1) is 0 Å². The van der Waals surface area contributed by atoms with Crippen LogP contribution < -0.4 is 15.4 Å². The Morgan fingerprint density at radius 2 is 1.71 bits per heavy atom. The third-order valence-corrected chi connectivity index (χ3v) is 9.07. The molecule has 2 aliphatic heterocycles. The lowest BCUT2D eigenvalue weighted by Gasteiger charge is -2.29. The summed E-state index contributed by atoms with van der Waals surface area (Å²) in [6.07, 6.45) is 1.01. The maximum atomic E-state index is 13.6. The first-order valence-electron chi connectivity index (χ1n) is 16.6. The quantitative estimate of drug-likeness (QED) is 0.252. The number of aliphatic hydroxyl groups is 1. The standard InChI is InChI=1S/C37H47ClN2O9/c1-21(2)16-30-35(44)47-28(22(3)32-33(49-32)25-13-10-23(19-41)11-14-25)8-7-9-31(42)40-27(18-24-12-15-29(46-6)26(38)17-24)34(43)39-20-37(4,5)36(45)48-30/h7,9-15,17,21-22,27-28,30,32-33,41H,8,16,18-20H2,1-6H3,(H,39,43)(H,40,42)/t22-,27+,28-,30-,32+,33+/m0/s1. The van der Waals surface area contributed by atoms with E-state index < -0.39 is 47.4 Å². The molecule has 0 saturated carbocycles. The number of hydrogen-bond acceptors (Lipinski definition) is 9. The minimum Gasteiger partial charge on any atom is -0.495 e. The van der Waals surface area contributed by atoms with Gasteiger partial charge < -0.3 is 34.7 Å². The number of aliphatic hydroxyl groups excluding tert-OH is 1. The molecule has 0 unspecified atom stereocenters. The summed E-state index contributed by atoms with van der Waals surface area (Å²) in [6, 6.07) is 11.5. The molecule has 2 heterocycles. The van der Waals surface area contributed by atoms with Gasteiger partial charge in [0.05, 0.1) is 30.3 Å². The van der Waals surface area contributed by atoms with Gasteiger partial charge in [0, 0.05) is 25.3 Å². The molecule has 3 N–H and O–H groups in total. The summed E-state index contributed by atoms with van der Waals surface area (Å²) in [6.45, 7) is 8.77. The van der Waals surface area contributed by atoms with E-state index in [1.165, 1.54) is 13.2 Å². The highest BCUT2D eigenvalue weighted by Crippen LogP contribution is 2.45. The molecule has 0 bridgehead atoms. The molecule has 49 heavy (non-hydrogen) atoms. The third kappa shape index (κ3) is 10.3. The van der Waals surface area contributed by atoms with Crippen LogP contribution in [0.5, 0.6) is 5.75 Å². The number of benzene rings is 2. The van der Waals surface area contributed by atoms with Gasteiger partial charge in [-0.25, -0.2) is 4.79 Å². The maximum Gasteiger partial charge on any atom is 0.347 e. The second-order valence-corrected chi connectivity index (χ2v) is 14.2. The average Bonchev–Trinajstić information content (AvgIpc) is 3.86. The molecule has 0 aromatic heterocycles. The predicted octanol–water partition coefficient (Wildman–Crippen LogP) is 4.62. The van der Waals surface area contributed by atoms with Crippen molar-refractivity contribution in [2.24, 2.45) is 17.3 Å². The molecule has 2 aromatic rings. The van der Waals surface area contributed by atoms with Gasteiger partial charge in [-0.05, 0) is 61.1 Å². The van der Waals surface area contributed by atoms with Gasteiger partial charge in [-0.1, -0.05) is 68.8 Å². The van der Waals surface area contributed by atoms with Crippen LogP contribution in [0, 0.1) is 17.3 Å². The number of methoxy groups -OCH3 is 1. The molecule has 1 fully saturated rings. The van der Waals surface area contributed by atoms with Gasteiger partial charge >= 0.3 is 11.9 Å². The van der Waals surface area contributed by atoms with Crippen LogP contribution in [0.25, 0.3) is 0 Å². The number of hydrogen-bond donors (Lipinski definition) is 3. The zero-order valence-electron chi connectivity index (χ0n) is 28.9. The largest absolute Gasteiger partial charge is 0.495 e. The van der Waals surface area contributed by atoms with Gasteiger partial charge in [0.15, 0.2) is 6.10 Å². The summed E-state index contributed by atoms with van der Waals surface area (Å²) in [7, 11) is 1.50. The second-order valence-electron chi connectivity index (χ2n) is 13.8. The van der Waals surface area contributed by atoms with E-state index in [0.29, 0.717) is 16.3 Å². The highest BCUT2D eigenvalue weighted by atomic mass is 35.5. The molecule has 6 atom stereocenters. The van der Waals surface area contributed by atoms with Crippen LogP contribution in [0.1, 0.15) is 70.3 Å². The molecule has 0 spiro atoms. The van der Waals surface area contributed by atoms with Crippen molar-refractivity contribution < 1.29 is 43.2 Å². The monoisotopic (exact) mass is 698 g/mol. The van der Waals surface area contributed by atoms with Crippen LogP contribution in [-0.4, -0.2) is 66.9 Å². The second kappa shape index (κ2) is 16.7. The Morgan fingerprint density at radius 3 is 2.35 bits per heavy atom. The number of nitrogens with one attached hydrogen (secondary N) is 2. The van der Waals surface area contributed by atoms with Crippen molar-refractivity contribution in [3.8, 4) is 5.75 Å². The van der Waals surface area contributed by atoms with Crippen LogP contribution in [0.2, 0.25) is 5.02 Å². The lowest BCUT2D eigenvalue weighted by molar-refractivity contribution is -0.179. The number of rotatable bonds is 9. The van der Waals surface area contributed by atoms with E-state index >= 15 is 0 Å². The number of halogens is 1. The molecule has 0 aliphatic carbocycles. The summed E-state index contributed by atoms with van der Waals surface area (Å²) < 4.78 is 23.1. The van der Waals surface area contributed by atoms with Crippen molar-refractivity contribution in [1.29, 1.82) is 0 Å². The summed E-state index contributed by atoms with van der Waals surface area (Å²) in [5, 5.41) is 15.3. The van der Waals surface area contributed by atoms with E-state index in [4.69, 9.17) is 30.5 Å². The average molecular weight is 699 g/mol. The van der Waals surface area contributed by atoms with Crippen molar-refractivity contribution in [3.05, 3.63) is 76.3 Å². The highest BCUT2D eigenvalue weighted by molar-refractivity contribution is 6.32. The van der Waals surface area contributed by atoms with E-state index in [-0.39, 0.29) is 56.5 Å². The SMILES string of the molecule is COc1ccc(C[C@H]2NC(=O)C=CC[C@@H]([C@H](C)[C@H]3O[C@@H]3c3ccc(CO)cc3)OC(=O)[C@H](CC(C)C)OC(=O)C(C)(C)CNC2=O)cc1Cl. The van der Waals surface area contributed by atoms with Gasteiger partial charge in [-0.3, -0.25) is 14.4 Å². The Hall–Kier alpha value is -3.93. The van der Waals surface area contributed by atoms with E-state index in [2.05, 4.69) is 10.6 Å². The first-order chi connectivity index (χ1) is 23.2. The number of cyclic esters (lactones) is 2. The van der Waals surface area contributed by atoms with Crippen molar-refractivity contribution in [2.45, 2.75) is 90.9 Å². The van der Waals surface area contributed by atoms with Crippen LogP contribution in [0.15, 0.2) is 54.6 Å². The summed E-state index contributed by atoms with van der Waals surface area (Å²) in [4.78, 5) is 53.7. The topological polar surface area (TPSA) is 153 Å². The van der Waals surface area contributed by atoms with E-state index in [0.717, 1.165) is 11.1 Å². The van der Waals surface area contributed by atoms with E-state index in [1.807, 2.05) is 45.0 Å². The van der Waals surface area contributed by atoms with E-state index in [9.17, 15) is 24.3 Å². The third-order valence-electron chi connectivity index (χ3n) is 8.77. The van der Waals surface area contributed by atoms with E-state index in [1.54, 1.807) is 38.1 Å². The minimum absolute atomic E-state index is 0.00322. The van der Waals surface area contributed by atoms with Crippen LogP contribution in [0.4, 0.5) is 0 Å². The lowest BCUT2D eigenvalue weighted by Crippen LogP contribution is -2.51. The Morgan fingerprint density at radius 1 is 1.02 bits per heavy atom. The fraction of sp³-hybridized carbons (Fsp3) is 0.514. The first kappa shape index (κ1) is 37.9. The Labute approximate surface area is 292 Å². The zero-order valence-corrected chi connectivity index (χ0v) is 29.6. The number of carbonyl (C=O) groups excluding carboxylic acids is 4. The lowest BCUT2D eigenvalue weighted by atomic mass is 9.92. The number of ether oxygens (including phenoxy) is 4. The molecule has 2 aliphatic rings. The summed E-state index contributed by atoms with van der Waals surface area (Å²) in [5.41, 5.74) is 1.18. The fourth-order valence-corrected chi connectivity index (χ4v) is 5.92. The van der Waals surface area contributed by atoms with Crippen molar-refractivity contribution >= 4 is 35.4 Å². The Balaban J connectivity index is 1.60. The van der Waals surface area contributed by atoms with Crippen LogP contribution in [-0.2, 0) is 46.4 Å². The molecule has 11 nitrogen and oxygen atoms in total. The van der Waals surface area contributed by atoms with Gasteiger partial charge in [-0.2, -0.15) is 0 Å². The van der Waals surface area contributed by atoms with Gasteiger partial charge in [0.25, 0.3) is 0 Å².